The van der Waals surface area contributed by atoms with Gasteiger partial charge in [-0.25, -0.2) is 8.42 Å². The van der Waals surface area contributed by atoms with Crippen molar-refractivity contribution in [3.05, 3.63) is 96.6 Å². The van der Waals surface area contributed by atoms with Gasteiger partial charge >= 0.3 is 0 Å². The molecule has 1 aliphatic heterocycles. The summed E-state index contributed by atoms with van der Waals surface area (Å²) < 4.78 is 39.5. The quantitative estimate of drug-likeness (QED) is 0.280. The maximum Gasteiger partial charge on any atom is 0.229 e. The number of nitrogens with one attached hydrogen (secondary N) is 2. The van der Waals surface area contributed by atoms with Gasteiger partial charge in [-0.1, -0.05) is 6.07 Å². The number of benzene rings is 2. The molecule has 11 heteroatoms. The average Bonchev–Trinajstić information content (AvgIpc) is 3.53. The molecular weight excluding hydrogens is 534 g/mol. The van der Waals surface area contributed by atoms with E-state index in [1.807, 2.05) is 72.6 Å². The summed E-state index contributed by atoms with van der Waals surface area (Å²) in [4.78, 5) is 6.65. The van der Waals surface area contributed by atoms with Crippen molar-refractivity contribution in [3.63, 3.8) is 0 Å². The molecular formula is C28H29N5O4S2. The molecule has 2 aromatic heterocycles. The lowest BCUT2D eigenvalue weighted by Gasteiger charge is -2.29. The van der Waals surface area contributed by atoms with Gasteiger partial charge in [0.15, 0.2) is 5.11 Å². The molecule has 0 spiro atoms. The van der Waals surface area contributed by atoms with Crippen LogP contribution in [0.25, 0.3) is 5.69 Å². The van der Waals surface area contributed by atoms with Crippen LogP contribution in [-0.2, 0) is 10.0 Å². The van der Waals surface area contributed by atoms with E-state index >= 15 is 0 Å². The molecule has 1 fully saturated rings. The van der Waals surface area contributed by atoms with Gasteiger partial charge in [-0.05, 0) is 79.8 Å². The lowest BCUT2D eigenvalue weighted by Crippen LogP contribution is -2.30. The molecule has 2 atom stereocenters. The van der Waals surface area contributed by atoms with Gasteiger partial charge in [-0.15, -0.1) is 0 Å². The van der Waals surface area contributed by atoms with E-state index < -0.39 is 10.0 Å². The number of rotatable bonds is 9. The molecule has 0 bridgehead atoms. The zero-order valence-electron chi connectivity index (χ0n) is 21.7. The SMILES string of the molecule is CCOc1ccc(-n2cccc2C2C(c3ccccn3)NC(=S)N2c2ccc(NS(C)(=O)=O)c(OC)c2)cc1. The first-order valence-electron chi connectivity index (χ1n) is 12.4. The van der Waals surface area contributed by atoms with E-state index in [2.05, 4.69) is 25.7 Å². The Labute approximate surface area is 233 Å². The molecule has 2 aromatic carbocycles. The van der Waals surface area contributed by atoms with E-state index in [0.29, 0.717) is 23.2 Å². The van der Waals surface area contributed by atoms with Crippen LogP contribution in [0.5, 0.6) is 11.5 Å². The van der Waals surface area contributed by atoms with Crippen molar-refractivity contribution in [2.24, 2.45) is 0 Å². The highest BCUT2D eigenvalue weighted by atomic mass is 32.2. The van der Waals surface area contributed by atoms with Crippen molar-refractivity contribution in [1.29, 1.82) is 0 Å². The highest BCUT2D eigenvalue weighted by Gasteiger charge is 2.42. The molecule has 0 saturated carbocycles. The summed E-state index contributed by atoms with van der Waals surface area (Å²) in [7, 11) is -1.99. The van der Waals surface area contributed by atoms with Crippen molar-refractivity contribution >= 4 is 38.7 Å². The molecule has 0 amide bonds. The minimum atomic E-state index is -3.49. The predicted octanol–water partition coefficient (Wildman–Crippen LogP) is 4.83. The molecule has 0 aliphatic carbocycles. The Hall–Kier alpha value is -4.09. The van der Waals surface area contributed by atoms with Crippen molar-refractivity contribution < 1.29 is 17.9 Å². The van der Waals surface area contributed by atoms with E-state index in [1.54, 1.807) is 18.3 Å². The van der Waals surface area contributed by atoms with Crippen LogP contribution in [0.1, 0.15) is 30.4 Å². The van der Waals surface area contributed by atoms with Crippen molar-refractivity contribution in [3.8, 4) is 17.2 Å². The highest BCUT2D eigenvalue weighted by molar-refractivity contribution is 7.92. The van der Waals surface area contributed by atoms with Crippen LogP contribution in [0.2, 0.25) is 0 Å². The second-order valence-corrected chi connectivity index (χ2v) is 11.1. The Balaban J connectivity index is 1.61. The molecule has 1 aliphatic rings. The van der Waals surface area contributed by atoms with Crippen LogP contribution in [0.15, 0.2) is 85.2 Å². The van der Waals surface area contributed by atoms with Crippen molar-refractivity contribution in [2.75, 3.05) is 29.6 Å². The Morgan fingerprint density at radius 2 is 1.82 bits per heavy atom. The zero-order valence-corrected chi connectivity index (χ0v) is 23.4. The molecule has 4 aromatic rings. The van der Waals surface area contributed by atoms with Crippen LogP contribution in [0, 0.1) is 0 Å². The van der Waals surface area contributed by atoms with E-state index in [9.17, 15) is 8.42 Å². The number of methoxy groups -OCH3 is 1. The molecule has 5 rings (SSSR count). The molecule has 202 valence electrons. The van der Waals surface area contributed by atoms with Gasteiger partial charge < -0.3 is 24.3 Å². The van der Waals surface area contributed by atoms with Crippen LogP contribution >= 0.6 is 12.2 Å². The lowest BCUT2D eigenvalue weighted by atomic mass is 10.0. The fourth-order valence-corrected chi connectivity index (χ4v) is 5.70. The van der Waals surface area contributed by atoms with Gasteiger partial charge in [0.25, 0.3) is 0 Å². The first-order valence-corrected chi connectivity index (χ1v) is 14.7. The van der Waals surface area contributed by atoms with Crippen LogP contribution < -0.4 is 24.4 Å². The third kappa shape index (κ3) is 5.55. The second kappa shape index (κ2) is 11.0. The first kappa shape index (κ1) is 26.5. The molecule has 3 heterocycles. The number of ether oxygens (including phenoxy) is 2. The van der Waals surface area contributed by atoms with E-state index in [-0.39, 0.29) is 12.1 Å². The summed E-state index contributed by atoms with van der Waals surface area (Å²) in [5, 5.41) is 3.98. The predicted molar refractivity (Wildman–Crippen MR) is 156 cm³/mol. The zero-order chi connectivity index (χ0) is 27.6. The summed E-state index contributed by atoms with van der Waals surface area (Å²) in [6.07, 6.45) is 4.88. The highest BCUT2D eigenvalue weighted by Crippen LogP contribution is 2.44. The first-order chi connectivity index (χ1) is 18.8. The molecule has 9 nitrogen and oxygen atoms in total. The summed E-state index contributed by atoms with van der Waals surface area (Å²) in [5.41, 5.74) is 3.89. The molecule has 1 saturated heterocycles. The van der Waals surface area contributed by atoms with E-state index in [0.717, 1.165) is 34.8 Å². The maximum atomic E-state index is 11.9. The Morgan fingerprint density at radius 3 is 2.49 bits per heavy atom. The summed E-state index contributed by atoms with van der Waals surface area (Å²) >= 11 is 5.87. The standard InChI is InChI=1S/C28H29N5O4S2/c1-4-37-21-13-10-19(11-14-21)32-17-7-9-24(32)27-26(23-8-5-6-16-29-23)30-28(38)33(27)20-12-15-22(25(18-20)36-2)31-39(3,34)35/h5-18,26-27,31H,4H2,1-3H3,(H,30,38). The third-order valence-electron chi connectivity index (χ3n) is 6.37. The molecule has 2 N–H and O–H groups in total. The average molecular weight is 564 g/mol. The van der Waals surface area contributed by atoms with Crippen LogP contribution in [0.4, 0.5) is 11.4 Å². The van der Waals surface area contributed by atoms with Crippen molar-refractivity contribution in [2.45, 2.75) is 19.0 Å². The van der Waals surface area contributed by atoms with E-state index in [1.165, 1.54) is 7.11 Å². The largest absolute Gasteiger partial charge is 0.494 e. The third-order valence-corrected chi connectivity index (χ3v) is 7.27. The summed E-state index contributed by atoms with van der Waals surface area (Å²) in [6, 6.07) is 22.5. The van der Waals surface area contributed by atoms with Crippen LogP contribution in [0.3, 0.4) is 0 Å². The van der Waals surface area contributed by atoms with Gasteiger partial charge in [-0.2, -0.15) is 0 Å². The Morgan fingerprint density at radius 1 is 1.05 bits per heavy atom. The molecule has 0 radical (unpaired) electrons. The topological polar surface area (TPSA) is 97.7 Å². The number of aromatic nitrogens is 2. The maximum absolute atomic E-state index is 11.9. The molecule has 39 heavy (non-hydrogen) atoms. The summed E-state index contributed by atoms with van der Waals surface area (Å²) in [5.74, 6) is 1.18. The smallest absolute Gasteiger partial charge is 0.229 e. The minimum Gasteiger partial charge on any atom is -0.494 e. The van der Waals surface area contributed by atoms with Gasteiger partial charge in [0.2, 0.25) is 10.0 Å². The monoisotopic (exact) mass is 563 g/mol. The van der Waals surface area contributed by atoms with E-state index in [4.69, 9.17) is 21.7 Å². The normalized spacial score (nSPS) is 17.1. The van der Waals surface area contributed by atoms with Gasteiger partial charge in [0, 0.05) is 35.5 Å². The Kier molecular flexibility index (Phi) is 7.45. The van der Waals surface area contributed by atoms with Gasteiger partial charge in [0.1, 0.15) is 17.5 Å². The minimum absolute atomic E-state index is 0.255. The fourth-order valence-electron chi connectivity index (χ4n) is 4.79. The Bertz CT molecular complexity index is 1570. The summed E-state index contributed by atoms with van der Waals surface area (Å²) in [6.45, 7) is 2.56. The van der Waals surface area contributed by atoms with Gasteiger partial charge in [0.05, 0.1) is 37.4 Å². The lowest BCUT2D eigenvalue weighted by molar-refractivity contribution is 0.340. The number of hydrogen-bond acceptors (Lipinski definition) is 6. The number of hydrogen-bond donors (Lipinski definition) is 2. The number of sulfonamides is 1. The second-order valence-electron chi connectivity index (χ2n) is 8.99. The van der Waals surface area contributed by atoms with Crippen molar-refractivity contribution in [1.82, 2.24) is 14.9 Å². The molecule has 2 unspecified atom stereocenters. The van der Waals surface area contributed by atoms with Gasteiger partial charge in [-0.3, -0.25) is 9.71 Å². The number of anilines is 2. The number of nitrogens with zero attached hydrogens (tertiary/aromatic N) is 3. The fraction of sp³-hybridized carbons (Fsp3) is 0.214. The number of thiocarbonyl (C=S) groups is 1. The number of pyridine rings is 1. The van der Waals surface area contributed by atoms with Crippen LogP contribution in [-0.4, -0.2) is 43.1 Å².